The number of fused-ring (bicyclic) bond motifs is 1. The van der Waals surface area contributed by atoms with Crippen molar-refractivity contribution in [1.82, 2.24) is 29.9 Å². The molecule has 9 nitrogen and oxygen atoms in total. The van der Waals surface area contributed by atoms with Crippen molar-refractivity contribution in [3.05, 3.63) is 52.7 Å². The number of benzene rings is 1. The topological polar surface area (TPSA) is 112 Å². The standard InChI is InChI=1S/C15H12N6O3/c1-21-12-10(7-16-21)13(22)18-11(17-12)8-23-15-20-19-14(24-15)9-5-3-2-4-6-9/h2-7H,8H2,1H3,(H,17,18,22). The predicted molar refractivity (Wildman–Crippen MR) is 83.2 cm³/mol. The van der Waals surface area contributed by atoms with Crippen LogP contribution in [0.4, 0.5) is 0 Å². The van der Waals surface area contributed by atoms with Crippen LogP contribution in [0.3, 0.4) is 0 Å². The van der Waals surface area contributed by atoms with Crippen molar-refractivity contribution in [3.63, 3.8) is 0 Å². The first-order valence-electron chi connectivity index (χ1n) is 7.13. The molecule has 0 radical (unpaired) electrons. The van der Waals surface area contributed by atoms with Crippen LogP contribution in [-0.2, 0) is 13.7 Å². The molecule has 0 aliphatic heterocycles. The van der Waals surface area contributed by atoms with Crippen molar-refractivity contribution in [2.45, 2.75) is 6.61 Å². The van der Waals surface area contributed by atoms with Gasteiger partial charge < -0.3 is 14.1 Å². The fourth-order valence-corrected chi connectivity index (χ4v) is 2.24. The van der Waals surface area contributed by atoms with Gasteiger partial charge in [-0.15, -0.1) is 5.10 Å². The van der Waals surface area contributed by atoms with Crippen molar-refractivity contribution < 1.29 is 9.15 Å². The molecule has 0 aliphatic rings. The van der Waals surface area contributed by atoms with Crippen molar-refractivity contribution in [2.24, 2.45) is 7.05 Å². The number of hydrogen-bond donors (Lipinski definition) is 1. The largest absolute Gasteiger partial charge is 0.441 e. The molecule has 0 saturated carbocycles. The molecular formula is C15H12N6O3. The van der Waals surface area contributed by atoms with E-state index in [9.17, 15) is 4.79 Å². The molecule has 1 aromatic carbocycles. The molecule has 0 saturated heterocycles. The van der Waals surface area contributed by atoms with Gasteiger partial charge in [0.05, 0.1) is 6.20 Å². The number of nitrogens with one attached hydrogen (secondary N) is 1. The number of aromatic amines is 1. The van der Waals surface area contributed by atoms with E-state index >= 15 is 0 Å². The van der Waals surface area contributed by atoms with Crippen LogP contribution in [0.5, 0.6) is 6.08 Å². The first-order valence-corrected chi connectivity index (χ1v) is 7.13. The zero-order valence-corrected chi connectivity index (χ0v) is 12.6. The Morgan fingerprint density at radius 3 is 2.92 bits per heavy atom. The molecule has 0 amide bonds. The highest BCUT2D eigenvalue weighted by Crippen LogP contribution is 2.20. The Kier molecular flexibility index (Phi) is 3.30. The summed E-state index contributed by atoms with van der Waals surface area (Å²) in [5.74, 6) is 0.699. The summed E-state index contributed by atoms with van der Waals surface area (Å²) in [5, 5.41) is 12.2. The summed E-state index contributed by atoms with van der Waals surface area (Å²) in [4.78, 5) is 18.9. The lowest BCUT2D eigenvalue weighted by molar-refractivity contribution is 0.215. The van der Waals surface area contributed by atoms with E-state index in [0.29, 0.717) is 22.7 Å². The molecule has 0 unspecified atom stereocenters. The first kappa shape index (κ1) is 14.1. The van der Waals surface area contributed by atoms with Crippen molar-refractivity contribution >= 4 is 11.0 Å². The molecule has 24 heavy (non-hydrogen) atoms. The maximum absolute atomic E-state index is 12.0. The monoisotopic (exact) mass is 324 g/mol. The maximum atomic E-state index is 12.0. The summed E-state index contributed by atoms with van der Waals surface area (Å²) in [6.45, 7) is -0.00716. The first-order chi connectivity index (χ1) is 11.7. The summed E-state index contributed by atoms with van der Waals surface area (Å²) < 4.78 is 12.4. The third kappa shape index (κ3) is 2.51. The lowest BCUT2D eigenvalue weighted by Gasteiger charge is -2.01. The molecule has 0 aliphatic carbocycles. The van der Waals surface area contributed by atoms with Crippen LogP contribution < -0.4 is 10.3 Å². The molecule has 120 valence electrons. The molecule has 4 rings (SSSR count). The third-order valence-corrected chi connectivity index (χ3v) is 3.41. The van der Waals surface area contributed by atoms with Crippen molar-refractivity contribution in [1.29, 1.82) is 0 Å². The van der Waals surface area contributed by atoms with Crippen molar-refractivity contribution in [2.75, 3.05) is 0 Å². The smallest absolute Gasteiger partial charge is 0.415 e. The molecule has 1 N–H and O–H groups in total. The molecule has 0 fully saturated rings. The van der Waals surface area contributed by atoms with Crippen LogP contribution in [0.2, 0.25) is 0 Å². The Morgan fingerprint density at radius 1 is 1.25 bits per heavy atom. The Labute approximate surface area is 134 Å². The van der Waals surface area contributed by atoms with Gasteiger partial charge in [-0.2, -0.15) is 5.10 Å². The predicted octanol–water partition coefficient (Wildman–Crippen LogP) is 1.29. The number of ether oxygens (including phenoxy) is 1. The highest BCUT2D eigenvalue weighted by atomic mass is 16.6. The minimum absolute atomic E-state index is 0.00149. The van der Waals surface area contributed by atoms with Gasteiger partial charge in [0, 0.05) is 12.6 Å². The molecule has 0 bridgehead atoms. The highest BCUT2D eigenvalue weighted by molar-refractivity contribution is 5.72. The molecule has 4 aromatic rings. The number of aromatic nitrogens is 6. The van der Waals surface area contributed by atoms with Crippen LogP contribution in [0.25, 0.3) is 22.5 Å². The summed E-state index contributed by atoms with van der Waals surface area (Å²) in [5.41, 5.74) is 0.998. The van der Waals surface area contributed by atoms with Gasteiger partial charge in [-0.25, -0.2) is 4.98 Å². The number of aryl methyl sites for hydroxylation is 1. The van der Waals surface area contributed by atoms with Crippen LogP contribution in [0, 0.1) is 0 Å². The number of nitrogens with zero attached hydrogens (tertiary/aromatic N) is 5. The molecule has 0 spiro atoms. The molecule has 9 heteroatoms. The summed E-state index contributed by atoms with van der Waals surface area (Å²) >= 11 is 0. The van der Waals surface area contributed by atoms with Crippen molar-refractivity contribution in [3.8, 4) is 17.5 Å². The second-order valence-corrected chi connectivity index (χ2v) is 5.05. The second kappa shape index (κ2) is 5.61. The minimum atomic E-state index is -0.276. The SMILES string of the molecule is Cn1ncc2c(=O)[nH]c(COc3nnc(-c4ccccc4)o3)nc21. The Morgan fingerprint density at radius 2 is 2.08 bits per heavy atom. The Bertz CT molecular complexity index is 1050. The lowest BCUT2D eigenvalue weighted by Crippen LogP contribution is -2.13. The number of rotatable bonds is 4. The van der Waals surface area contributed by atoms with E-state index in [4.69, 9.17) is 9.15 Å². The second-order valence-electron chi connectivity index (χ2n) is 5.05. The van der Waals surface area contributed by atoms with Gasteiger partial charge >= 0.3 is 6.08 Å². The van der Waals surface area contributed by atoms with Gasteiger partial charge in [-0.05, 0) is 12.1 Å². The van der Waals surface area contributed by atoms with E-state index in [1.54, 1.807) is 7.05 Å². The van der Waals surface area contributed by atoms with E-state index in [2.05, 4.69) is 25.3 Å². The van der Waals surface area contributed by atoms with Crippen LogP contribution in [0.1, 0.15) is 5.82 Å². The molecule has 0 atom stereocenters. The van der Waals surface area contributed by atoms with Gasteiger partial charge in [0.15, 0.2) is 12.3 Å². The van der Waals surface area contributed by atoms with Crippen LogP contribution in [0.15, 0.2) is 45.7 Å². The molecule has 3 heterocycles. The Hall–Kier alpha value is -3.49. The fourth-order valence-electron chi connectivity index (χ4n) is 2.24. The van der Waals surface area contributed by atoms with E-state index in [1.165, 1.54) is 10.9 Å². The average molecular weight is 324 g/mol. The van der Waals surface area contributed by atoms with Gasteiger partial charge in [-0.1, -0.05) is 23.3 Å². The minimum Gasteiger partial charge on any atom is -0.441 e. The van der Waals surface area contributed by atoms with E-state index in [0.717, 1.165) is 5.56 Å². The third-order valence-electron chi connectivity index (χ3n) is 3.41. The highest BCUT2D eigenvalue weighted by Gasteiger charge is 2.12. The zero-order chi connectivity index (χ0) is 16.5. The summed E-state index contributed by atoms with van der Waals surface area (Å²) in [6.07, 6.45) is 1.47. The quantitative estimate of drug-likeness (QED) is 0.602. The van der Waals surface area contributed by atoms with Crippen LogP contribution >= 0.6 is 0 Å². The lowest BCUT2D eigenvalue weighted by atomic mass is 10.2. The van der Waals surface area contributed by atoms with Gasteiger partial charge in [0.1, 0.15) is 11.2 Å². The average Bonchev–Trinajstić information content (AvgIpc) is 3.22. The summed E-state index contributed by atoms with van der Waals surface area (Å²) in [7, 11) is 1.71. The maximum Gasteiger partial charge on any atom is 0.415 e. The van der Waals surface area contributed by atoms with Crippen LogP contribution in [-0.4, -0.2) is 29.9 Å². The zero-order valence-electron chi connectivity index (χ0n) is 12.6. The fraction of sp³-hybridized carbons (Fsp3) is 0.133. The van der Waals surface area contributed by atoms with E-state index in [1.807, 2.05) is 30.3 Å². The number of H-pyrrole nitrogens is 1. The van der Waals surface area contributed by atoms with E-state index in [-0.39, 0.29) is 18.2 Å². The molecule has 3 aromatic heterocycles. The van der Waals surface area contributed by atoms with Gasteiger partial charge in [0.25, 0.3) is 11.4 Å². The Balaban J connectivity index is 1.54. The van der Waals surface area contributed by atoms with E-state index < -0.39 is 0 Å². The normalized spacial score (nSPS) is 11.0. The number of hydrogen-bond acceptors (Lipinski definition) is 7. The molecular weight excluding hydrogens is 312 g/mol. The van der Waals surface area contributed by atoms with Gasteiger partial charge in [-0.3, -0.25) is 9.48 Å². The summed E-state index contributed by atoms with van der Waals surface area (Å²) in [6, 6.07) is 9.35. The van der Waals surface area contributed by atoms with Gasteiger partial charge in [0.2, 0.25) is 0 Å².